The van der Waals surface area contributed by atoms with E-state index in [0.29, 0.717) is 5.92 Å². The zero-order valence-corrected chi connectivity index (χ0v) is 10.4. The smallest absolute Gasteiger partial charge is 0.0504 e. The Hall–Kier alpha value is -0.380. The van der Waals surface area contributed by atoms with E-state index in [-0.39, 0.29) is 5.54 Å². The highest BCUT2D eigenvalue weighted by molar-refractivity contribution is 7.10. The molecule has 2 N–H and O–H groups in total. The zero-order chi connectivity index (χ0) is 10.9. The molecular weight excluding hydrogens is 204 g/mol. The van der Waals surface area contributed by atoms with Gasteiger partial charge in [-0.1, -0.05) is 6.07 Å². The summed E-state index contributed by atoms with van der Waals surface area (Å²) in [5.74, 6) is 0.632. The SMILES string of the molecule is CN1CCC(C(C)(N)c2cccs2)CC1. The van der Waals surface area contributed by atoms with Crippen LogP contribution in [0.1, 0.15) is 24.6 Å². The molecule has 0 aromatic carbocycles. The Morgan fingerprint density at radius 3 is 2.67 bits per heavy atom. The Kier molecular flexibility index (Phi) is 3.14. The molecule has 1 fully saturated rings. The van der Waals surface area contributed by atoms with Crippen LogP contribution in [0.4, 0.5) is 0 Å². The second kappa shape index (κ2) is 4.24. The van der Waals surface area contributed by atoms with Gasteiger partial charge >= 0.3 is 0 Å². The van der Waals surface area contributed by atoms with Crippen LogP contribution in [-0.4, -0.2) is 25.0 Å². The summed E-state index contributed by atoms with van der Waals surface area (Å²) in [7, 11) is 2.19. The molecule has 2 heterocycles. The lowest BCUT2D eigenvalue weighted by molar-refractivity contribution is 0.159. The van der Waals surface area contributed by atoms with E-state index in [1.54, 1.807) is 11.3 Å². The molecule has 0 spiro atoms. The first-order chi connectivity index (χ1) is 7.10. The van der Waals surface area contributed by atoms with E-state index in [1.165, 1.54) is 30.8 Å². The van der Waals surface area contributed by atoms with E-state index in [2.05, 4.69) is 36.4 Å². The summed E-state index contributed by atoms with van der Waals surface area (Å²) in [5.41, 5.74) is 6.37. The molecule has 1 saturated heterocycles. The minimum absolute atomic E-state index is 0.130. The van der Waals surface area contributed by atoms with Crippen LogP contribution in [-0.2, 0) is 5.54 Å². The van der Waals surface area contributed by atoms with Crippen molar-refractivity contribution in [3.05, 3.63) is 22.4 Å². The van der Waals surface area contributed by atoms with Gasteiger partial charge < -0.3 is 10.6 Å². The lowest BCUT2D eigenvalue weighted by atomic mass is 9.79. The van der Waals surface area contributed by atoms with Crippen molar-refractivity contribution in [3.63, 3.8) is 0 Å². The number of rotatable bonds is 2. The maximum absolute atomic E-state index is 6.49. The first-order valence-corrected chi connectivity index (χ1v) is 6.50. The van der Waals surface area contributed by atoms with Crippen molar-refractivity contribution in [1.82, 2.24) is 4.90 Å². The van der Waals surface area contributed by atoms with E-state index < -0.39 is 0 Å². The molecule has 3 heteroatoms. The predicted octanol–water partition coefficient (Wildman–Crippen LogP) is 2.26. The van der Waals surface area contributed by atoms with Crippen molar-refractivity contribution in [2.24, 2.45) is 11.7 Å². The molecule has 1 aliphatic rings. The largest absolute Gasteiger partial charge is 0.321 e. The van der Waals surface area contributed by atoms with Crippen molar-refractivity contribution in [2.45, 2.75) is 25.3 Å². The standard InChI is InChI=1S/C12H20N2S/c1-12(13,11-4-3-9-15-11)10-5-7-14(2)8-6-10/h3-4,9-10H,5-8,13H2,1-2H3. The number of hydrogen-bond acceptors (Lipinski definition) is 3. The molecule has 2 nitrogen and oxygen atoms in total. The fraction of sp³-hybridized carbons (Fsp3) is 0.667. The number of nitrogens with zero attached hydrogens (tertiary/aromatic N) is 1. The van der Waals surface area contributed by atoms with Crippen molar-refractivity contribution in [2.75, 3.05) is 20.1 Å². The fourth-order valence-corrected chi connectivity index (χ4v) is 3.28. The van der Waals surface area contributed by atoms with Crippen LogP contribution in [0.25, 0.3) is 0 Å². The summed E-state index contributed by atoms with van der Waals surface area (Å²) in [6, 6.07) is 4.27. The summed E-state index contributed by atoms with van der Waals surface area (Å²) in [6.45, 7) is 4.56. The van der Waals surface area contributed by atoms with Crippen LogP contribution >= 0.6 is 11.3 Å². The lowest BCUT2D eigenvalue weighted by Crippen LogP contribution is -2.45. The Labute approximate surface area is 96.1 Å². The summed E-state index contributed by atoms with van der Waals surface area (Å²) in [5, 5.41) is 2.12. The highest BCUT2D eigenvalue weighted by Gasteiger charge is 2.34. The average molecular weight is 224 g/mol. The van der Waals surface area contributed by atoms with Crippen LogP contribution in [0, 0.1) is 5.92 Å². The summed E-state index contributed by atoms with van der Waals surface area (Å²) in [4.78, 5) is 3.72. The van der Waals surface area contributed by atoms with Gasteiger partial charge in [0, 0.05) is 4.88 Å². The Morgan fingerprint density at radius 1 is 1.47 bits per heavy atom. The van der Waals surface area contributed by atoms with Gasteiger partial charge in [0.15, 0.2) is 0 Å². The van der Waals surface area contributed by atoms with Crippen LogP contribution in [0.15, 0.2) is 17.5 Å². The zero-order valence-electron chi connectivity index (χ0n) is 9.57. The van der Waals surface area contributed by atoms with Gasteiger partial charge in [-0.25, -0.2) is 0 Å². The molecule has 0 saturated carbocycles. The van der Waals surface area contributed by atoms with E-state index in [4.69, 9.17) is 5.73 Å². The quantitative estimate of drug-likeness (QED) is 0.835. The summed E-state index contributed by atoms with van der Waals surface area (Å²) in [6.07, 6.45) is 2.45. The van der Waals surface area contributed by atoms with Crippen molar-refractivity contribution < 1.29 is 0 Å². The monoisotopic (exact) mass is 224 g/mol. The minimum atomic E-state index is -0.130. The average Bonchev–Trinajstić information content (AvgIpc) is 2.71. The molecular formula is C12H20N2S. The van der Waals surface area contributed by atoms with Gasteiger partial charge in [-0.3, -0.25) is 0 Å². The van der Waals surface area contributed by atoms with Crippen LogP contribution in [0.3, 0.4) is 0 Å². The number of likely N-dealkylation sites (tertiary alicyclic amines) is 1. The Balaban J connectivity index is 2.09. The van der Waals surface area contributed by atoms with Crippen LogP contribution < -0.4 is 5.73 Å². The summed E-state index contributed by atoms with van der Waals surface area (Å²) < 4.78 is 0. The van der Waals surface area contributed by atoms with E-state index >= 15 is 0 Å². The van der Waals surface area contributed by atoms with E-state index in [0.717, 1.165) is 0 Å². The molecule has 0 aliphatic carbocycles. The molecule has 0 bridgehead atoms. The van der Waals surface area contributed by atoms with Gasteiger partial charge in [-0.15, -0.1) is 11.3 Å². The normalized spacial score (nSPS) is 23.9. The first kappa shape index (κ1) is 11.1. The molecule has 15 heavy (non-hydrogen) atoms. The van der Waals surface area contributed by atoms with Gasteiger partial charge in [0.2, 0.25) is 0 Å². The number of nitrogens with two attached hydrogens (primary N) is 1. The second-order valence-corrected chi connectivity index (χ2v) is 5.79. The second-order valence-electron chi connectivity index (χ2n) is 4.84. The van der Waals surface area contributed by atoms with Crippen molar-refractivity contribution in [3.8, 4) is 0 Å². The molecule has 84 valence electrons. The maximum Gasteiger partial charge on any atom is 0.0504 e. The van der Waals surface area contributed by atoms with Gasteiger partial charge in [0.05, 0.1) is 5.54 Å². The molecule has 1 atom stereocenters. The van der Waals surface area contributed by atoms with Gasteiger partial charge in [0.25, 0.3) is 0 Å². The Morgan fingerprint density at radius 2 is 2.13 bits per heavy atom. The molecule has 2 rings (SSSR count). The van der Waals surface area contributed by atoms with Crippen molar-refractivity contribution in [1.29, 1.82) is 0 Å². The maximum atomic E-state index is 6.49. The Bertz CT molecular complexity index is 297. The third kappa shape index (κ3) is 2.25. The van der Waals surface area contributed by atoms with E-state index in [9.17, 15) is 0 Å². The van der Waals surface area contributed by atoms with Gasteiger partial charge in [0.1, 0.15) is 0 Å². The fourth-order valence-electron chi connectivity index (χ4n) is 2.39. The number of piperidine rings is 1. The van der Waals surface area contributed by atoms with Crippen molar-refractivity contribution >= 4 is 11.3 Å². The summed E-state index contributed by atoms with van der Waals surface area (Å²) >= 11 is 1.79. The first-order valence-electron chi connectivity index (χ1n) is 5.62. The van der Waals surface area contributed by atoms with Crippen LogP contribution in [0.5, 0.6) is 0 Å². The van der Waals surface area contributed by atoms with Crippen LogP contribution in [0.2, 0.25) is 0 Å². The van der Waals surface area contributed by atoms with Gasteiger partial charge in [-0.2, -0.15) is 0 Å². The molecule has 1 aliphatic heterocycles. The molecule has 1 aromatic rings. The third-order valence-electron chi connectivity index (χ3n) is 3.62. The highest BCUT2D eigenvalue weighted by Crippen LogP contribution is 2.35. The topological polar surface area (TPSA) is 29.3 Å². The molecule has 1 unspecified atom stereocenters. The highest BCUT2D eigenvalue weighted by atomic mass is 32.1. The van der Waals surface area contributed by atoms with Gasteiger partial charge in [-0.05, 0) is 57.3 Å². The predicted molar refractivity (Wildman–Crippen MR) is 66.1 cm³/mol. The molecule has 0 amide bonds. The number of hydrogen-bond donors (Lipinski definition) is 1. The third-order valence-corrected chi connectivity index (χ3v) is 4.74. The molecule has 0 radical (unpaired) electrons. The molecule has 1 aromatic heterocycles. The lowest BCUT2D eigenvalue weighted by Gasteiger charge is -2.39. The van der Waals surface area contributed by atoms with E-state index in [1.807, 2.05) is 0 Å². The number of thiophene rings is 1. The minimum Gasteiger partial charge on any atom is -0.321 e.